The zero-order chi connectivity index (χ0) is 26.4. The fourth-order valence-electron chi connectivity index (χ4n) is 3.63. The first-order valence-electron chi connectivity index (χ1n) is 11.5. The van der Waals surface area contributed by atoms with E-state index in [4.69, 9.17) is 18.9 Å². The maximum Gasteiger partial charge on any atom is 0.335 e. The summed E-state index contributed by atoms with van der Waals surface area (Å²) in [5.74, 6) is 0.680. The summed E-state index contributed by atoms with van der Waals surface area (Å²) in [4.78, 5) is 38.9. The summed E-state index contributed by atoms with van der Waals surface area (Å²) in [5, 5.41) is 2.21. The second-order valence-electron chi connectivity index (χ2n) is 8.08. The van der Waals surface area contributed by atoms with Crippen LogP contribution in [0.2, 0.25) is 0 Å². The molecule has 0 aromatic heterocycles. The Bertz CT molecular complexity index is 1330. The molecule has 0 atom stereocenters. The van der Waals surface area contributed by atoms with Crippen LogP contribution in [0.3, 0.4) is 0 Å². The fourth-order valence-corrected chi connectivity index (χ4v) is 3.63. The largest absolute Gasteiger partial charge is 0.497 e. The number of anilines is 1. The molecule has 9 nitrogen and oxygen atoms in total. The number of ether oxygens (including phenoxy) is 4. The van der Waals surface area contributed by atoms with E-state index in [9.17, 15) is 14.4 Å². The highest BCUT2D eigenvalue weighted by molar-refractivity contribution is 6.39. The number of benzene rings is 3. The molecule has 1 heterocycles. The molecule has 9 heteroatoms. The first-order chi connectivity index (χ1) is 17.9. The smallest absolute Gasteiger partial charge is 0.335 e. The van der Waals surface area contributed by atoms with E-state index in [1.165, 1.54) is 20.3 Å². The van der Waals surface area contributed by atoms with Crippen molar-refractivity contribution in [3.05, 3.63) is 83.4 Å². The maximum atomic E-state index is 13.1. The van der Waals surface area contributed by atoms with Gasteiger partial charge < -0.3 is 18.9 Å². The lowest BCUT2D eigenvalue weighted by molar-refractivity contribution is -0.122. The van der Waals surface area contributed by atoms with Gasteiger partial charge in [-0.25, -0.2) is 9.69 Å². The van der Waals surface area contributed by atoms with E-state index in [0.29, 0.717) is 35.1 Å². The number of carbonyl (C=O) groups is 3. The number of nitrogens with zero attached hydrogens (tertiary/aromatic N) is 1. The third-order valence-corrected chi connectivity index (χ3v) is 5.56. The minimum absolute atomic E-state index is 0.197. The molecule has 4 amide bonds. The zero-order valence-electron chi connectivity index (χ0n) is 20.6. The molecule has 1 aliphatic rings. The van der Waals surface area contributed by atoms with E-state index in [1.54, 1.807) is 42.5 Å². The standard InChI is InChI=1S/C28H26N2O7/c1-18-4-9-22(10-5-18)36-14-15-37-24-13-6-19(17-25(24)35-3)16-23-26(31)29-28(33)30(27(23)32)20-7-11-21(34-2)12-8-20/h4-13,16-17H,14-15H2,1-3H3,(H,29,31,33). The van der Waals surface area contributed by atoms with Crippen molar-refractivity contribution < 1.29 is 33.3 Å². The van der Waals surface area contributed by atoms with Crippen LogP contribution in [0.25, 0.3) is 6.08 Å². The number of hydrogen-bond donors (Lipinski definition) is 1. The quantitative estimate of drug-likeness (QED) is 0.267. The van der Waals surface area contributed by atoms with Gasteiger partial charge in [0.25, 0.3) is 11.8 Å². The minimum atomic E-state index is -0.827. The average molecular weight is 503 g/mol. The zero-order valence-corrected chi connectivity index (χ0v) is 20.6. The van der Waals surface area contributed by atoms with Gasteiger partial charge >= 0.3 is 6.03 Å². The third-order valence-electron chi connectivity index (χ3n) is 5.56. The summed E-state index contributed by atoms with van der Waals surface area (Å²) in [7, 11) is 3.00. The number of rotatable bonds is 9. The Morgan fingerprint density at radius 2 is 1.46 bits per heavy atom. The van der Waals surface area contributed by atoms with E-state index in [-0.39, 0.29) is 12.2 Å². The molecule has 3 aromatic rings. The van der Waals surface area contributed by atoms with Crippen molar-refractivity contribution in [2.75, 3.05) is 32.3 Å². The van der Waals surface area contributed by atoms with Gasteiger partial charge in [0.2, 0.25) is 0 Å². The molecule has 3 aromatic carbocycles. The van der Waals surface area contributed by atoms with Gasteiger partial charge in [-0.05, 0) is 67.1 Å². The van der Waals surface area contributed by atoms with E-state index in [1.807, 2.05) is 31.2 Å². The SMILES string of the molecule is COc1ccc(N2C(=O)NC(=O)C(=Cc3ccc(OCCOc4ccc(C)cc4)c(OC)c3)C2=O)cc1. The predicted molar refractivity (Wildman–Crippen MR) is 137 cm³/mol. The van der Waals surface area contributed by atoms with Gasteiger partial charge in [-0.1, -0.05) is 23.8 Å². The number of urea groups is 1. The van der Waals surface area contributed by atoms with Gasteiger partial charge in [0.05, 0.1) is 19.9 Å². The number of barbiturate groups is 1. The van der Waals surface area contributed by atoms with Crippen molar-refractivity contribution in [1.82, 2.24) is 5.32 Å². The van der Waals surface area contributed by atoms with Crippen molar-refractivity contribution in [1.29, 1.82) is 0 Å². The van der Waals surface area contributed by atoms with Crippen molar-refractivity contribution in [3.8, 4) is 23.0 Å². The van der Waals surface area contributed by atoms with Crippen LogP contribution < -0.4 is 29.2 Å². The summed E-state index contributed by atoms with van der Waals surface area (Å²) in [6, 6.07) is 18.2. The molecule has 0 saturated carbocycles. The van der Waals surface area contributed by atoms with E-state index < -0.39 is 17.8 Å². The van der Waals surface area contributed by atoms with Crippen molar-refractivity contribution in [3.63, 3.8) is 0 Å². The first kappa shape index (κ1) is 25.3. The molecule has 1 fully saturated rings. The topological polar surface area (TPSA) is 103 Å². The third kappa shape index (κ3) is 5.90. The summed E-state index contributed by atoms with van der Waals surface area (Å²) < 4.78 is 22.0. The molecule has 190 valence electrons. The van der Waals surface area contributed by atoms with Gasteiger partial charge in [-0.2, -0.15) is 0 Å². The number of methoxy groups -OCH3 is 2. The van der Waals surface area contributed by atoms with Gasteiger partial charge in [-0.3, -0.25) is 14.9 Å². The van der Waals surface area contributed by atoms with Crippen LogP contribution in [0.1, 0.15) is 11.1 Å². The van der Waals surface area contributed by atoms with Crippen LogP contribution in [0.4, 0.5) is 10.5 Å². The number of amides is 4. The Morgan fingerprint density at radius 3 is 2.14 bits per heavy atom. The lowest BCUT2D eigenvalue weighted by Crippen LogP contribution is -2.54. The Hall–Kier alpha value is -4.79. The molecule has 0 aliphatic carbocycles. The highest BCUT2D eigenvalue weighted by Gasteiger charge is 2.36. The first-order valence-corrected chi connectivity index (χ1v) is 11.5. The Morgan fingerprint density at radius 1 is 0.784 bits per heavy atom. The highest BCUT2D eigenvalue weighted by Crippen LogP contribution is 2.30. The molecular weight excluding hydrogens is 476 g/mol. The van der Waals surface area contributed by atoms with Crippen LogP contribution in [-0.4, -0.2) is 45.3 Å². The van der Waals surface area contributed by atoms with Crippen molar-refractivity contribution in [2.45, 2.75) is 6.92 Å². The fraction of sp³-hybridized carbons (Fsp3) is 0.179. The van der Waals surface area contributed by atoms with Gasteiger partial charge in [0.15, 0.2) is 11.5 Å². The second-order valence-corrected chi connectivity index (χ2v) is 8.08. The molecule has 1 saturated heterocycles. The summed E-state index contributed by atoms with van der Waals surface area (Å²) in [5.41, 5.74) is 1.77. The molecule has 1 N–H and O–H groups in total. The van der Waals surface area contributed by atoms with E-state index in [0.717, 1.165) is 16.2 Å². The van der Waals surface area contributed by atoms with Gasteiger partial charge in [-0.15, -0.1) is 0 Å². The molecule has 1 aliphatic heterocycles. The van der Waals surface area contributed by atoms with Gasteiger partial charge in [0, 0.05) is 0 Å². The summed E-state index contributed by atoms with van der Waals surface area (Å²) >= 11 is 0. The normalized spacial score (nSPS) is 14.4. The molecule has 0 radical (unpaired) electrons. The van der Waals surface area contributed by atoms with Crippen LogP contribution in [-0.2, 0) is 9.59 Å². The van der Waals surface area contributed by atoms with E-state index >= 15 is 0 Å². The lowest BCUT2D eigenvalue weighted by Gasteiger charge is -2.26. The highest BCUT2D eigenvalue weighted by atomic mass is 16.5. The summed E-state index contributed by atoms with van der Waals surface area (Å²) in [6.07, 6.45) is 1.40. The van der Waals surface area contributed by atoms with Crippen molar-refractivity contribution in [2.24, 2.45) is 0 Å². The number of aryl methyl sites for hydroxylation is 1. The maximum absolute atomic E-state index is 13.1. The Balaban J connectivity index is 1.47. The number of nitrogens with one attached hydrogen (secondary N) is 1. The minimum Gasteiger partial charge on any atom is -0.497 e. The summed E-state index contributed by atoms with van der Waals surface area (Å²) in [6.45, 7) is 2.62. The van der Waals surface area contributed by atoms with Crippen molar-refractivity contribution >= 4 is 29.6 Å². The number of imide groups is 2. The second kappa shape index (κ2) is 11.3. The Kier molecular flexibility index (Phi) is 7.73. The van der Waals surface area contributed by atoms with Gasteiger partial charge in [0.1, 0.15) is 30.3 Å². The lowest BCUT2D eigenvalue weighted by atomic mass is 10.1. The van der Waals surface area contributed by atoms with Crippen LogP contribution in [0, 0.1) is 6.92 Å². The Labute approximate surface area is 214 Å². The monoisotopic (exact) mass is 502 g/mol. The van der Waals surface area contributed by atoms with E-state index in [2.05, 4.69) is 5.32 Å². The molecule has 37 heavy (non-hydrogen) atoms. The molecule has 0 spiro atoms. The number of carbonyl (C=O) groups excluding carboxylic acids is 3. The van der Waals surface area contributed by atoms with Crippen LogP contribution >= 0.6 is 0 Å². The number of hydrogen-bond acceptors (Lipinski definition) is 7. The molecule has 0 bridgehead atoms. The molecular formula is C28H26N2O7. The molecule has 4 rings (SSSR count). The van der Waals surface area contributed by atoms with Crippen LogP contribution in [0.15, 0.2) is 72.3 Å². The molecule has 0 unspecified atom stereocenters. The predicted octanol–water partition coefficient (Wildman–Crippen LogP) is 4.14. The average Bonchev–Trinajstić information content (AvgIpc) is 2.90. The van der Waals surface area contributed by atoms with Crippen LogP contribution in [0.5, 0.6) is 23.0 Å².